The van der Waals surface area contributed by atoms with Gasteiger partial charge in [0.15, 0.2) is 0 Å². The highest BCUT2D eigenvalue weighted by Crippen LogP contribution is 2.27. The minimum Gasteiger partial charge on any atom is -0.0806 e. The first-order chi connectivity index (χ1) is 4.52. The number of allylic oxidation sites excluding steroid dienone is 4. The molecule has 0 aromatic rings. The maximum atomic E-state index is 2.42. The van der Waals surface area contributed by atoms with E-state index in [9.17, 15) is 0 Å². The van der Waals surface area contributed by atoms with E-state index in [0.717, 1.165) is 0 Å². The summed E-state index contributed by atoms with van der Waals surface area (Å²) in [7, 11) is -0.970. The van der Waals surface area contributed by atoms with Crippen molar-refractivity contribution in [3.05, 3.63) is 22.9 Å². The van der Waals surface area contributed by atoms with Crippen LogP contribution in [0.15, 0.2) is 22.9 Å². The molecular weight excluding hydrogens is 136 g/mol. The van der Waals surface area contributed by atoms with E-state index >= 15 is 0 Å². The third-order valence-electron chi connectivity index (χ3n) is 2.07. The van der Waals surface area contributed by atoms with Gasteiger partial charge in [-0.3, -0.25) is 0 Å². The van der Waals surface area contributed by atoms with E-state index in [1.54, 1.807) is 5.20 Å². The number of hydrogen-bond acceptors (Lipinski definition) is 0. The molecule has 0 saturated heterocycles. The Morgan fingerprint density at radius 3 is 2.10 bits per heavy atom. The third kappa shape index (κ3) is 1.40. The Morgan fingerprint density at radius 2 is 1.90 bits per heavy atom. The van der Waals surface area contributed by atoms with Gasteiger partial charge < -0.3 is 0 Å². The second kappa shape index (κ2) is 2.39. The molecule has 56 valence electrons. The van der Waals surface area contributed by atoms with Crippen LogP contribution in [0.2, 0.25) is 19.6 Å². The minimum absolute atomic E-state index is 0.970. The second-order valence-corrected chi connectivity index (χ2v) is 9.12. The Labute approximate surface area is 64.7 Å². The molecule has 0 unspecified atom stereocenters. The molecule has 0 saturated carbocycles. The fourth-order valence-corrected chi connectivity index (χ4v) is 3.51. The second-order valence-electron chi connectivity index (χ2n) is 4.02. The summed E-state index contributed by atoms with van der Waals surface area (Å²) in [6.07, 6.45) is 5.76. The van der Waals surface area contributed by atoms with Crippen LogP contribution in [0.3, 0.4) is 0 Å². The third-order valence-corrected chi connectivity index (χ3v) is 4.48. The van der Waals surface area contributed by atoms with Crippen LogP contribution in [0, 0.1) is 0 Å². The van der Waals surface area contributed by atoms with Gasteiger partial charge in [0.25, 0.3) is 0 Å². The van der Waals surface area contributed by atoms with E-state index in [-0.39, 0.29) is 0 Å². The first kappa shape index (κ1) is 7.80. The molecule has 0 aromatic carbocycles. The van der Waals surface area contributed by atoms with Crippen LogP contribution in [0.25, 0.3) is 0 Å². The predicted octanol–water partition coefficient (Wildman–Crippen LogP) is 3.14. The van der Waals surface area contributed by atoms with Gasteiger partial charge in [-0.15, -0.1) is 0 Å². The summed E-state index contributed by atoms with van der Waals surface area (Å²) in [5, 5.41) is 1.73. The van der Waals surface area contributed by atoms with Crippen molar-refractivity contribution in [1.82, 2.24) is 0 Å². The van der Waals surface area contributed by atoms with Crippen LogP contribution in [0.4, 0.5) is 0 Å². The van der Waals surface area contributed by atoms with E-state index < -0.39 is 8.07 Å². The summed E-state index contributed by atoms with van der Waals surface area (Å²) in [4.78, 5) is 0. The average molecular weight is 152 g/mol. The molecule has 1 aliphatic carbocycles. The Hall–Kier alpha value is -0.303. The average Bonchev–Trinajstić information content (AvgIpc) is 2.11. The molecule has 10 heavy (non-hydrogen) atoms. The molecule has 0 radical (unpaired) electrons. The van der Waals surface area contributed by atoms with Crippen LogP contribution in [0.5, 0.6) is 0 Å². The van der Waals surface area contributed by atoms with Gasteiger partial charge >= 0.3 is 0 Å². The van der Waals surface area contributed by atoms with Crippen molar-refractivity contribution < 1.29 is 0 Å². The quantitative estimate of drug-likeness (QED) is 0.506. The van der Waals surface area contributed by atoms with Gasteiger partial charge in [0, 0.05) is 0 Å². The zero-order valence-electron chi connectivity index (χ0n) is 7.36. The zero-order chi connectivity index (χ0) is 7.78. The van der Waals surface area contributed by atoms with Crippen LogP contribution in [-0.4, -0.2) is 8.07 Å². The van der Waals surface area contributed by atoms with E-state index in [1.165, 1.54) is 12.0 Å². The zero-order valence-corrected chi connectivity index (χ0v) is 8.36. The molecule has 0 fully saturated rings. The van der Waals surface area contributed by atoms with Crippen molar-refractivity contribution in [2.75, 3.05) is 0 Å². The standard InChI is InChI=1S/C9H16Si/c1-8-6-5-7-9(8)10(2,3)4/h5-6H,7H2,1-4H3. The summed E-state index contributed by atoms with van der Waals surface area (Å²) in [5.74, 6) is 0. The predicted molar refractivity (Wildman–Crippen MR) is 49.8 cm³/mol. The molecule has 1 heteroatoms. The van der Waals surface area contributed by atoms with E-state index in [1.807, 2.05) is 0 Å². The molecule has 1 aliphatic rings. The fraction of sp³-hybridized carbons (Fsp3) is 0.556. The van der Waals surface area contributed by atoms with Crippen LogP contribution in [-0.2, 0) is 0 Å². The Bertz CT molecular complexity index is 191. The smallest absolute Gasteiger partial charge is 0.0731 e. The first-order valence-corrected chi connectivity index (χ1v) is 7.38. The SMILES string of the molecule is CC1=C([Si](C)(C)C)CC=C1. The summed E-state index contributed by atoms with van der Waals surface area (Å²) in [5.41, 5.74) is 1.53. The van der Waals surface area contributed by atoms with Crippen molar-refractivity contribution in [3.8, 4) is 0 Å². The lowest BCUT2D eigenvalue weighted by Crippen LogP contribution is -2.23. The van der Waals surface area contributed by atoms with Crippen LogP contribution in [0.1, 0.15) is 13.3 Å². The molecule has 0 aliphatic heterocycles. The summed E-state index contributed by atoms with van der Waals surface area (Å²) < 4.78 is 0. The molecular formula is C9H16Si. The van der Waals surface area contributed by atoms with Gasteiger partial charge in [-0.2, -0.15) is 0 Å². The lowest BCUT2D eigenvalue weighted by molar-refractivity contribution is 1.32. The van der Waals surface area contributed by atoms with Gasteiger partial charge in [0.2, 0.25) is 0 Å². The molecule has 0 aromatic heterocycles. The maximum Gasteiger partial charge on any atom is 0.0731 e. The molecule has 0 nitrogen and oxygen atoms in total. The highest BCUT2D eigenvalue weighted by atomic mass is 28.3. The molecule has 0 bridgehead atoms. The molecule has 0 amide bonds. The monoisotopic (exact) mass is 152 g/mol. The summed E-state index contributed by atoms with van der Waals surface area (Å²) >= 11 is 0. The highest BCUT2D eigenvalue weighted by Gasteiger charge is 2.21. The van der Waals surface area contributed by atoms with Crippen LogP contribution >= 0.6 is 0 Å². The minimum atomic E-state index is -0.970. The summed E-state index contributed by atoms with van der Waals surface area (Å²) in [6, 6.07) is 0. The van der Waals surface area contributed by atoms with Gasteiger partial charge in [-0.1, -0.05) is 42.6 Å². The normalized spacial score (nSPS) is 18.8. The molecule has 1 rings (SSSR count). The van der Waals surface area contributed by atoms with Crippen molar-refractivity contribution in [3.63, 3.8) is 0 Å². The van der Waals surface area contributed by atoms with Gasteiger partial charge in [-0.25, -0.2) is 0 Å². The molecule has 0 heterocycles. The maximum absolute atomic E-state index is 2.42. The number of rotatable bonds is 1. The lowest BCUT2D eigenvalue weighted by atomic mass is 10.3. The van der Waals surface area contributed by atoms with E-state index in [4.69, 9.17) is 0 Å². The molecule has 0 N–H and O–H groups in total. The molecule has 0 spiro atoms. The lowest BCUT2D eigenvalue weighted by Gasteiger charge is -2.19. The number of hydrogen-bond donors (Lipinski definition) is 0. The Morgan fingerprint density at radius 1 is 1.30 bits per heavy atom. The van der Waals surface area contributed by atoms with E-state index in [2.05, 4.69) is 38.7 Å². The Balaban J connectivity index is 2.86. The van der Waals surface area contributed by atoms with Crippen molar-refractivity contribution in [2.24, 2.45) is 0 Å². The van der Waals surface area contributed by atoms with Crippen LogP contribution < -0.4 is 0 Å². The molecule has 0 atom stereocenters. The fourth-order valence-electron chi connectivity index (χ4n) is 1.51. The van der Waals surface area contributed by atoms with Crippen molar-refractivity contribution in [1.29, 1.82) is 0 Å². The Kier molecular flexibility index (Phi) is 1.86. The van der Waals surface area contributed by atoms with Crippen molar-refractivity contribution >= 4 is 8.07 Å². The summed E-state index contributed by atoms with van der Waals surface area (Å²) in [6.45, 7) is 9.48. The highest BCUT2D eigenvalue weighted by molar-refractivity contribution is 6.83. The van der Waals surface area contributed by atoms with Gasteiger partial charge in [-0.05, 0) is 13.3 Å². The topological polar surface area (TPSA) is 0 Å². The van der Waals surface area contributed by atoms with E-state index in [0.29, 0.717) is 0 Å². The first-order valence-electron chi connectivity index (χ1n) is 3.88. The van der Waals surface area contributed by atoms with Gasteiger partial charge in [0.05, 0.1) is 8.07 Å². The van der Waals surface area contributed by atoms with Gasteiger partial charge in [0.1, 0.15) is 0 Å². The van der Waals surface area contributed by atoms with Crippen molar-refractivity contribution in [2.45, 2.75) is 33.0 Å². The largest absolute Gasteiger partial charge is 0.0806 e.